The summed E-state index contributed by atoms with van der Waals surface area (Å²) < 4.78 is 5.39. The molecular formula is C11H12Cl2O3. The van der Waals surface area contributed by atoms with Crippen molar-refractivity contribution in [3.05, 3.63) is 28.2 Å². The van der Waals surface area contributed by atoms with Crippen molar-refractivity contribution in [3.63, 3.8) is 0 Å². The van der Waals surface area contributed by atoms with Gasteiger partial charge >= 0.3 is 5.97 Å². The van der Waals surface area contributed by atoms with E-state index >= 15 is 0 Å². The van der Waals surface area contributed by atoms with Gasteiger partial charge in [-0.2, -0.15) is 0 Å². The van der Waals surface area contributed by atoms with Crippen molar-refractivity contribution in [2.75, 3.05) is 6.61 Å². The van der Waals surface area contributed by atoms with Crippen LogP contribution in [-0.4, -0.2) is 17.7 Å². The van der Waals surface area contributed by atoms with Crippen molar-refractivity contribution in [1.29, 1.82) is 0 Å². The van der Waals surface area contributed by atoms with Gasteiger partial charge in [-0.1, -0.05) is 23.2 Å². The molecule has 0 heterocycles. The van der Waals surface area contributed by atoms with Gasteiger partial charge in [0.1, 0.15) is 5.75 Å². The molecule has 1 rings (SSSR count). The van der Waals surface area contributed by atoms with Crippen molar-refractivity contribution >= 4 is 29.2 Å². The van der Waals surface area contributed by atoms with Crippen LogP contribution in [0.15, 0.2) is 18.2 Å². The third-order valence-corrected chi connectivity index (χ3v) is 2.68. The number of carboxylic acid groups (broad SMARTS) is 1. The highest BCUT2D eigenvalue weighted by molar-refractivity contribution is 6.42. The number of aliphatic carboxylic acids is 1. The molecule has 0 spiro atoms. The highest BCUT2D eigenvalue weighted by Gasteiger charge is 2.01. The number of benzene rings is 1. The minimum Gasteiger partial charge on any atom is -0.494 e. The summed E-state index contributed by atoms with van der Waals surface area (Å²) in [6.45, 7) is 0.477. The van der Waals surface area contributed by atoms with Crippen molar-refractivity contribution in [2.45, 2.75) is 19.3 Å². The Morgan fingerprint density at radius 2 is 2.00 bits per heavy atom. The number of carboxylic acids is 1. The molecule has 88 valence electrons. The molecule has 3 nitrogen and oxygen atoms in total. The molecule has 0 bridgehead atoms. The minimum atomic E-state index is -0.783. The summed E-state index contributed by atoms with van der Waals surface area (Å²) in [7, 11) is 0. The second kappa shape index (κ2) is 6.61. The SMILES string of the molecule is O=C(O)CCCCOc1ccc(Cl)c(Cl)c1. The first-order valence-corrected chi connectivity index (χ1v) is 5.65. The molecule has 0 unspecified atom stereocenters. The molecular weight excluding hydrogens is 251 g/mol. The Morgan fingerprint density at radius 1 is 1.25 bits per heavy atom. The lowest BCUT2D eigenvalue weighted by Crippen LogP contribution is -2.00. The van der Waals surface area contributed by atoms with Gasteiger partial charge < -0.3 is 9.84 Å². The second-order valence-corrected chi connectivity index (χ2v) is 4.09. The zero-order valence-electron chi connectivity index (χ0n) is 8.58. The van der Waals surface area contributed by atoms with E-state index in [1.165, 1.54) is 0 Å². The first-order valence-electron chi connectivity index (χ1n) is 4.89. The maximum Gasteiger partial charge on any atom is 0.303 e. The Balaban J connectivity index is 2.27. The lowest BCUT2D eigenvalue weighted by molar-refractivity contribution is -0.137. The Labute approximate surface area is 104 Å². The molecule has 1 N–H and O–H groups in total. The number of unbranched alkanes of at least 4 members (excludes halogenated alkanes) is 1. The van der Waals surface area contributed by atoms with Crippen LogP contribution in [-0.2, 0) is 4.79 Å². The average molecular weight is 263 g/mol. The maximum absolute atomic E-state index is 10.2. The van der Waals surface area contributed by atoms with Crippen LogP contribution in [0.2, 0.25) is 10.0 Å². The zero-order valence-corrected chi connectivity index (χ0v) is 10.1. The van der Waals surface area contributed by atoms with Crippen LogP contribution in [0.5, 0.6) is 5.75 Å². The average Bonchev–Trinajstić information content (AvgIpc) is 2.22. The Kier molecular flexibility index (Phi) is 5.43. The van der Waals surface area contributed by atoms with Crippen molar-refractivity contribution in [3.8, 4) is 5.75 Å². The van der Waals surface area contributed by atoms with Crippen LogP contribution in [0.1, 0.15) is 19.3 Å². The van der Waals surface area contributed by atoms with Crippen LogP contribution in [0.3, 0.4) is 0 Å². The van der Waals surface area contributed by atoms with Gasteiger partial charge in [0.15, 0.2) is 0 Å². The fourth-order valence-corrected chi connectivity index (χ4v) is 1.42. The highest BCUT2D eigenvalue weighted by Crippen LogP contribution is 2.26. The van der Waals surface area contributed by atoms with Crippen molar-refractivity contribution in [1.82, 2.24) is 0 Å². The lowest BCUT2D eigenvalue weighted by Gasteiger charge is -2.06. The quantitative estimate of drug-likeness (QED) is 0.797. The molecule has 1 aromatic carbocycles. The first-order chi connectivity index (χ1) is 7.59. The minimum absolute atomic E-state index is 0.171. The molecule has 5 heteroatoms. The van der Waals surface area contributed by atoms with E-state index in [-0.39, 0.29) is 6.42 Å². The third-order valence-electron chi connectivity index (χ3n) is 1.94. The molecule has 0 aromatic heterocycles. The molecule has 1 aromatic rings. The van der Waals surface area contributed by atoms with Crippen molar-refractivity contribution < 1.29 is 14.6 Å². The van der Waals surface area contributed by atoms with Crippen molar-refractivity contribution in [2.24, 2.45) is 0 Å². The predicted molar refractivity (Wildman–Crippen MR) is 63.4 cm³/mol. The summed E-state index contributed by atoms with van der Waals surface area (Å²) in [5.74, 6) is -0.140. The van der Waals surface area contributed by atoms with Gasteiger partial charge in [-0.15, -0.1) is 0 Å². The summed E-state index contributed by atoms with van der Waals surface area (Å²) in [5.41, 5.74) is 0. The van der Waals surface area contributed by atoms with Crippen LogP contribution in [0.25, 0.3) is 0 Å². The molecule has 16 heavy (non-hydrogen) atoms. The van der Waals surface area contributed by atoms with Gasteiger partial charge in [0, 0.05) is 12.5 Å². The smallest absolute Gasteiger partial charge is 0.303 e. The van der Waals surface area contributed by atoms with Gasteiger partial charge in [-0.05, 0) is 25.0 Å². The Hall–Kier alpha value is -0.930. The number of halogens is 2. The Morgan fingerprint density at radius 3 is 2.62 bits per heavy atom. The highest BCUT2D eigenvalue weighted by atomic mass is 35.5. The number of ether oxygens (including phenoxy) is 1. The molecule has 0 saturated carbocycles. The first kappa shape index (κ1) is 13.1. The van der Waals surface area contributed by atoms with E-state index in [9.17, 15) is 4.79 Å². The molecule has 0 amide bonds. The molecule has 0 saturated heterocycles. The van der Waals surface area contributed by atoms with Crippen LogP contribution >= 0.6 is 23.2 Å². The van der Waals surface area contributed by atoms with Gasteiger partial charge in [-0.25, -0.2) is 0 Å². The third kappa shape index (κ3) is 4.73. The Bertz CT molecular complexity index is 366. The molecule has 0 aliphatic rings. The number of hydrogen-bond donors (Lipinski definition) is 1. The predicted octanol–water partition coefficient (Wildman–Crippen LogP) is 3.63. The van der Waals surface area contributed by atoms with Crippen LogP contribution < -0.4 is 4.74 Å². The van der Waals surface area contributed by atoms with E-state index in [1.807, 2.05) is 0 Å². The number of rotatable bonds is 6. The van der Waals surface area contributed by atoms with E-state index < -0.39 is 5.97 Å². The van der Waals surface area contributed by atoms with Gasteiger partial charge in [0.05, 0.1) is 16.7 Å². The summed E-state index contributed by atoms with van der Waals surface area (Å²) in [6, 6.07) is 5.03. The fourth-order valence-electron chi connectivity index (χ4n) is 1.13. The van der Waals surface area contributed by atoms with E-state index in [0.717, 1.165) is 0 Å². The van der Waals surface area contributed by atoms with Crippen LogP contribution in [0.4, 0.5) is 0 Å². The maximum atomic E-state index is 10.2. The number of carbonyl (C=O) groups is 1. The standard InChI is InChI=1S/C11H12Cl2O3/c12-9-5-4-8(7-10(9)13)16-6-2-1-3-11(14)15/h4-5,7H,1-3,6H2,(H,14,15). The van der Waals surface area contributed by atoms with E-state index in [4.69, 9.17) is 33.0 Å². The summed E-state index contributed by atoms with van der Waals surface area (Å²) in [6.07, 6.45) is 1.48. The molecule has 0 aliphatic carbocycles. The summed E-state index contributed by atoms with van der Waals surface area (Å²) >= 11 is 11.6. The molecule has 0 fully saturated rings. The molecule has 0 aliphatic heterocycles. The summed E-state index contributed by atoms with van der Waals surface area (Å²) in [4.78, 5) is 10.2. The fraction of sp³-hybridized carbons (Fsp3) is 0.364. The van der Waals surface area contributed by atoms with E-state index in [1.54, 1.807) is 18.2 Å². The van der Waals surface area contributed by atoms with E-state index in [0.29, 0.717) is 35.2 Å². The second-order valence-electron chi connectivity index (χ2n) is 3.28. The molecule has 0 atom stereocenters. The largest absolute Gasteiger partial charge is 0.494 e. The normalized spacial score (nSPS) is 10.1. The van der Waals surface area contributed by atoms with Gasteiger partial charge in [-0.3, -0.25) is 4.79 Å². The zero-order chi connectivity index (χ0) is 12.0. The summed E-state index contributed by atoms with van der Waals surface area (Å²) in [5, 5.41) is 9.36. The topological polar surface area (TPSA) is 46.5 Å². The number of hydrogen-bond acceptors (Lipinski definition) is 2. The van der Waals surface area contributed by atoms with Gasteiger partial charge in [0.25, 0.3) is 0 Å². The van der Waals surface area contributed by atoms with Gasteiger partial charge in [0.2, 0.25) is 0 Å². The van der Waals surface area contributed by atoms with Crippen LogP contribution in [0, 0.1) is 0 Å². The lowest BCUT2D eigenvalue weighted by atomic mass is 10.2. The van der Waals surface area contributed by atoms with E-state index in [2.05, 4.69) is 0 Å². The monoisotopic (exact) mass is 262 g/mol. The molecule has 0 radical (unpaired) electrons.